The molecule has 0 aromatic heterocycles. The molecule has 14 fully saturated rings. The van der Waals surface area contributed by atoms with E-state index in [9.17, 15) is 124 Å². The fourth-order valence-corrected chi connectivity index (χ4v) is 17.3. The van der Waals surface area contributed by atoms with E-state index < -0.39 is 235 Å². The summed E-state index contributed by atoms with van der Waals surface area (Å²) >= 11 is 0. The number of rotatable bonds is 17. The Morgan fingerprint density at radius 1 is 0.456 bits per heavy atom. The molecule has 6 bridgehead atoms. The van der Waals surface area contributed by atoms with Gasteiger partial charge in [0.25, 0.3) is 0 Å². The van der Waals surface area contributed by atoms with Crippen LogP contribution in [0, 0.1) is 91.2 Å². The smallest absolute Gasteiger partial charge is 0.404 e. The van der Waals surface area contributed by atoms with Crippen LogP contribution < -0.4 is 0 Å². The first-order valence-electron chi connectivity index (χ1n) is 37.7. The zero-order valence-corrected chi connectivity index (χ0v) is 63.3. The van der Waals surface area contributed by atoms with Crippen LogP contribution in [-0.2, 0) is 119 Å². The summed E-state index contributed by atoms with van der Waals surface area (Å²) in [4.78, 5) is 130. The van der Waals surface area contributed by atoms with Crippen molar-refractivity contribution in [1.29, 1.82) is 5.26 Å². The van der Waals surface area contributed by atoms with Gasteiger partial charge >= 0.3 is 96.5 Å². The van der Waals surface area contributed by atoms with Gasteiger partial charge in [-0.2, -0.15) is 71.1 Å². The Kier molecular flexibility index (Phi) is 24.5. The van der Waals surface area contributed by atoms with Crippen molar-refractivity contribution in [2.75, 3.05) is 13.2 Å². The van der Waals surface area contributed by atoms with Crippen molar-refractivity contribution < 1.29 is 185 Å². The number of hydrogen-bond donors (Lipinski definition) is 0. The maximum atomic E-state index is 13.3. The molecule has 1 spiro atoms. The molecule has 0 N–H and O–H groups in total. The monoisotopic (exact) mass is 1660 g/mol. The fraction of sp³-hybridized carbons (Fsp3) is 0.836. The Hall–Kier alpha value is -7.51. The average molecular weight is 1660 g/mol. The number of cyclic esters (lactones) is 1. The predicted octanol–water partition coefficient (Wildman–Crippen LogP) is 11.2. The largest absolute Gasteiger partial charge is 0.463 e. The van der Waals surface area contributed by atoms with Crippen LogP contribution in [0.5, 0.6) is 0 Å². The van der Waals surface area contributed by atoms with E-state index in [0.29, 0.717) is 38.5 Å². The molecular formula is C73H88F15NO25. The van der Waals surface area contributed by atoms with E-state index in [1.54, 1.807) is 0 Å². The highest BCUT2D eigenvalue weighted by Crippen LogP contribution is 2.64. The van der Waals surface area contributed by atoms with Gasteiger partial charge < -0.3 is 66.3 Å². The summed E-state index contributed by atoms with van der Waals surface area (Å²) in [5.74, 6) is -12.8. The average Bonchev–Trinajstić information content (AvgIpc) is 1.54. The number of fused-ring (bicyclic) bond motifs is 6. The van der Waals surface area contributed by atoms with E-state index in [4.69, 9.17) is 52.1 Å². The molecule has 7 aliphatic heterocycles. The van der Waals surface area contributed by atoms with Crippen LogP contribution in [0.15, 0.2) is 0 Å². The third-order valence-corrected chi connectivity index (χ3v) is 26.2. The summed E-state index contributed by atoms with van der Waals surface area (Å²) in [5.41, 5.74) is -14.3. The summed E-state index contributed by atoms with van der Waals surface area (Å²) in [5, 5.41) is 9.27. The Bertz CT molecular complexity index is 3780. The molecule has 7 saturated carbocycles. The van der Waals surface area contributed by atoms with Gasteiger partial charge in [0.05, 0.1) is 24.5 Å². The second-order valence-corrected chi connectivity index (χ2v) is 32.5. The Morgan fingerprint density at radius 3 is 1.31 bits per heavy atom. The van der Waals surface area contributed by atoms with E-state index in [-0.39, 0.29) is 79.2 Å². The number of alkyl halides is 15. The molecule has 640 valence electrons. The van der Waals surface area contributed by atoms with Gasteiger partial charge in [0.2, 0.25) is 12.2 Å². The molecular weight excluding hydrogens is 1580 g/mol. The lowest BCUT2D eigenvalue weighted by Crippen LogP contribution is -2.47. The van der Waals surface area contributed by atoms with Crippen molar-refractivity contribution in [3.8, 4) is 6.07 Å². The number of nitrogens with zero attached hydrogens (tertiary/aromatic N) is 1. The minimum atomic E-state index is -4.81. The van der Waals surface area contributed by atoms with Crippen molar-refractivity contribution in [2.24, 2.45) is 79.8 Å². The molecule has 0 aromatic rings. The molecule has 0 radical (unpaired) electrons. The van der Waals surface area contributed by atoms with E-state index in [2.05, 4.69) is 14.2 Å². The first-order valence-corrected chi connectivity index (χ1v) is 37.7. The molecule has 114 heavy (non-hydrogen) atoms. The topological polar surface area (TPSA) is 341 Å². The maximum Gasteiger partial charge on any atom is 0.404 e. The fourth-order valence-electron chi connectivity index (χ4n) is 17.3. The number of hydrogen-bond acceptors (Lipinski definition) is 26. The molecule has 14 rings (SSSR count). The van der Waals surface area contributed by atoms with Crippen LogP contribution in [0.4, 0.5) is 65.9 Å². The number of ether oxygens (including phenoxy) is 14. The number of esters is 11. The quantitative estimate of drug-likeness (QED) is 0.0741. The minimum Gasteiger partial charge on any atom is -0.463 e. The Labute approximate surface area is 641 Å². The summed E-state index contributed by atoms with van der Waals surface area (Å²) < 4.78 is 268. The molecule has 41 heteroatoms. The van der Waals surface area contributed by atoms with Gasteiger partial charge in [0.1, 0.15) is 42.7 Å². The van der Waals surface area contributed by atoms with Crippen LogP contribution in [0.25, 0.3) is 0 Å². The summed E-state index contributed by atoms with van der Waals surface area (Å²) in [6.07, 6.45) is -28.6. The van der Waals surface area contributed by atoms with Crippen molar-refractivity contribution in [3.05, 3.63) is 0 Å². The van der Waals surface area contributed by atoms with Gasteiger partial charge in [-0.1, -0.05) is 41.0 Å². The highest BCUT2D eigenvalue weighted by molar-refractivity contribution is 5.87. The highest BCUT2D eigenvalue weighted by atomic mass is 19.4. The first-order chi connectivity index (χ1) is 52.7. The zero-order valence-electron chi connectivity index (χ0n) is 63.3. The lowest BCUT2D eigenvalue weighted by Gasteiger charge is -2.33. The van der Waals surface area contributed by atoms with Gasteiger partial charge in [-0.25, -0.2) is 14.4 Å². The molecule has 26 atom stereocenters. The number of carbonyl (C=O) groups is 11. The van der Waals surface area contributed by atoms with Gasteiger partial charge in [0.15, 0.2) is 63.4 Å². The molecule has 0 amide bonds. The highest BCUT2D eigenvalue weighted by Gasteiger charge is 2.74. The minimum absolute atomic E-state index is 0.000862. The van der Waals surface area contributed by atoms with Crippen molar-refractivity contribution in [1.82, 2.24) is 0 Å². The van der Waals surface area contributed by atoms with Crippen LogP contribution in [0.1, 0.15) is 178 Å². The summed E-state index contributed by atoms with van der Waals surface area (Å²) in [6, 6.07) is 1.99. The molecule has 14 aliphatic rings. The normalized spacial score (nSPS) is 36.3. The van der Waals surface area contributed by atoms with Crippen molar-refractivity contribution >= 4 is 65.7 Å². The van der Waals surface area contributed by atoms with Crippen molar-refractivity contribution in [3.63, 3.8) is 0 Å². The number of carbonyl (C=O) groups excluding carboxylic acids is 11. The molecule has 7 heterocycles. The second kappa shape index (κ2) is 31.4. The molecule has 7 aliphatic carbocycles. The predicted molar refractivity (Wildman–Crippen MR) is 342 cm³/mol. The van der Waals surface area contributed by atoms with Crippen LogP contribution >= 0.6 is 0 Å². The van der Waals surface area contributed by atoms with Gasteiger partial charge in [-0.3, -0.25) is 38.4 Å². The molecule has 0 aromatic carbocycles. The number of halogens is 15. The third kappa shape index (κ3) is 15.4. The van der Waals surface area contributed by atoms with E-state index in [0.717, 1.165) is 60.3 Å². The summed E-state index contributed by atoms with van der Waals surface area (Å²) in [6.45, 7) is 9.32. The lowest BCUT2D eigenvalue weighted by atomic mass is 9.74. The van der Waals surface area contributed by atoms with Crippen LogP contribution in [0.3, 0.4) is 0 Å². The first kappa shape index (κ1) is 88.8. The van der Waals surface area contributed by atoms with Crippen LogP contribution in [-0.4, -0.2) is 189 Å². The maximum absolute atomic E-state index is 13.3. The zero-order chi connectivity index (χ0) is 84.9. The summed E-state index contributed by atoms with van der Waals surface area (Å²) in [7, 11) is 0. The van der Waals surface area contributed by atoms with Gasteiger partial charge in [-0.05, 0) is 118 Å². The van der Waals surface area contributed by atoms with E-state index in [1.165, 1.54) is 34.6 Å². The van der Waals surface area contributed by atoms with Crippen LogP contribution in [0.2, 0.25) is 0 Å². The van der Waals surface area contributed by atoms with E-state index >= 15 is 0 Å². The van der Waals surface area contributed by atoms with Crippen molar-refractivity contribution in [2.45, 2.75) is 288 Å². The Morgan fingerprint density at radius 2 is 0.877 bits per heavy atom. The standard InChI is InChI=1S/C18H23F3O7.C16H19F3O6.C15H16F3NO4.C14H17F3O4.C10H13F3O4/c1-3-16(2,18(19,20)21)15(23)26-11-9-10(24-13(11)22)12-14(25-9)28-17(27-12)7-5-4-6-8-17;1-3-15(2,16(17,18)19)14(22)23-6-10(20)24-11-7-4-8-9(5-7)13(21)25-12(8)11;1-3-13(2,15(16,17)18)11(20)22-9-7-4-8-10(9)23-12(21)14(8,5-7)6-19;1-3-13(2,14(15,16)17)12(19)21-9-6-4-7-8(5-6)11(18)20-10(7)9;1-3-9(2,10(11,12)13)8(15)17-6-4-5-16-7(6)14/h9-12,14H,3-8H2,1-2H3;7-9,11-12H,3-6H2,1-2H3;7-10H,3-5H2,1-2H3;6-10H,3-5H2,1-2H3;6H,3-5H2,1-2H3. The molecule has 26 nitrogen and oxygen atoms in total. The second-order valence-electron chi connectivity index (χ2n) is 32.5. The Balaban J connectivity index is 0.000000152. The number of nitriles is 1. The van der Waals surface area contributed by atoms with Gasteiger partial charge in [0, 0.05) is 54.8 Å². The molecule has 7 saturated heterocycles. The van der Waals surface area contributed by atoms with Gasteiger partial charge in [-0.15, -0.1) is 0 Å². The lowest BCUT2D eigenvalue weighted by molar-refractivity contribution is -0.251. The third-order valence-electron chi connectivity index (χ3n) is 26.2. The SMILES string of the molecule is CCC(C)(C(=O)OC1C(=O)OC2C3OC4(CCCCC4)OC3OC12)C(F)(F)F.CCC(C)(C(=O)OC1C2CC3C(=O)OC1C3C2)C(F)(F)F.CCC(C)(C(=O)OC1C2CC3C1OC(=O)C3(C#N)C2)C(F)(F)F.CCC(C)(C(=O)OC1CCOC1=O)C(F)(F)F.CCC(C)(C(=O)OCC(=O)OC1C2CC3C(=O)OC1C3C2)C(F)(F)F. The molecule has 26 unspecified atom stereocenters. The van der Waals surface area contributed by atoms with E-state index in [1.807, 2.05) is 6.07 Å².